The Balaban J connectivity index is 2.37. The highest BCUT2D eigenvalue weighted by atomic mass is 16.6. The predicted octanol–water partition coefficient (Wildman–Crippen LogP) is 1.87. The van der Waals surface area contributed by atoms with Crippen molar-refractivity contribution in [3.8, 4) is 11.8 Å². The molecule has 0 N–H and O–H groups in total. The highest BCUT2D eigenvalue weighted by Gasteiger charge is 2.39. The van der Waals surface area contributed by atoms with Gasteiger partial charge in [-0.3, -0.25) is 0 Å². The van der Waals surface area contributed by atoms with E-state index >= 15 is 0 Å². The van der Waals surface area contributed by atoms with Gasteiger partial charge >= 0.3 is 7.12 Å². The number of nitriles is 1. The molecule has 0 aliphatic carbocycles. The topological polar surface area (TPSA) is 51.5 Å². The van der Waals surface area contributed by atoms with Gasteiger partial charge in [-0.2, -0.15) is 5.26 Å². The standard InChI is InChI=1S/C14H18BNO3/c1-10-8-14(2,3)19-15(18-10)12-7-11(9-16)5-6-13(12)17-4/h5-7,10H,8H2,1-4H3. The van der Waals surface area contributed by atoms with E-state index in [9.17, 15) is 0 Å². The van der Waals surface area contributed by atoms with Gasteiger partial charge in [0.1, 0.15) is 5.75 Å². The van der Waals surface area contributed by atoms with Crippen LogP contribution in [-0.2, 0) is 9.31 Å². The van der Waals surface area contributed by atoms with Crippen LogP contribution in [0.15, 0.2) is 18.2 Å². The Morgan fingerprint density at radius 3 is 2.79 bits per heavy atom. The molecule has 1 aliphatic rings. The molecule has 1 aliphatic heterocycles. The van der Waals surface area contributed by atoms with Crippen LogP contribution in [-0.4, -0.2) is 25.9 Å². The largest absolute Gasteiger partial charge is 0.498 e. The second kappa shape index (κ2) is 5.24. The van der Waals surface area contributed by atoms with Gasteiger partial charge in [-0.1, -0.05) is 0 Å². The fourth-order valence-corrected chi connectivity index (χ4v) is 2.44. The van der Waals surface area contributed by atoms with Crippen molar-refractivity contribution in [1.82, 2.24) is 0 Å². The second-order valence-corrected chi connectivity index (χ2v) is 5.43. The maximum Gasteiger partial charge on any atom is 0.498 e. The average Bonchev–Trinajstić information content (AvgIpc) is 2.35. The number of ether oxygens (including phenoxy) is 1. The summed E-state index contributed by atoms with van der Waals surface area (Å²) >= 11 is 0. The van der Waals surface area contributed by atoms with Gasteiger partial charge in [0.2, 0.25) is 0 Å². The minimum atomic E-state index is -0.498. The molecular weight excluding hydrogens is 241 g/mol. The average molecular weight is 259 g/mol. The zero-order valence-corrected chi connectivity index (χ0v) is 11.8. The van der Waals surface area contributed by atoms with E-state index < -0.39 is 7.12 Å². The first-order valence-corrected chi connectivity index (χ1v) is 6.36. The number of hydrogen-bond donors (Lipinski definition) is 0. The number of methoxy groups -OCH3 is 1. The molecule has 4 nitrogen and oxygen atoms in total. The van der Waals surface area contributed by atoms with E-state index in [2.05, 4.69) is 6.07 Å². The van der Waals surface area contributed by atoms with Gasteiger partial charge in [-0.05, 0) is 45.4 Å². The first-order valence-electron chi connectivity index (χ1n) is 6.36. The van der Waals surface area contributed by atoms with E-state index in [0.29, 0.717) is 11.3 Å². The number of rotatable bonds is 2. The normalized spacial score (nSPS) is 21.8. The summed E-state index contributed by atoms with van der Waals surface area (Å²) in [6.07, 6.45) is 0.938. The molecule has 1 unspecified atom stereocenters. The predicted molar refractivity (Wildman–Crippen MR) is 73.4 cm³/mol. The number of benzene rings is 1. The zero-order chi connectivity index (χ0) is 14.0. The SMILES string of the molecule is COc1ccc(C#N)cc1B1OC(C)CC(C)(C)O1. The Morgan fingerprint density at radius 1 is 1.47 bits per heavy atom. The highest BCUT2D eigenvalue weighted by Crippen LogP contribution is 2.27. The van der Waals surface area contributed by atoms with E-state index in [1.54, 1.807) is 25.3 Å². The fourth-order valence-electron chi connectivity index (χ4n) is 2.44. The molecule has 19 heavy (non-hydrogen) atoms. The fraction of sp³-hybridized carbons (Fsp3) is 0.500. The van der Waals surface area contributed by atoms with Gasteiger partial charge < -0.3 is 14.0 Å². The van der Waals surface area contributed by atoms with E-state index in [-0.39, 0.29) is 11.7 Å². The van der Waals surface area contributed by atoms with Crippen molar-refractivity contribution in [3.05, 3.63) is 23.8 Å². The molecule has 5 heteroatoms. The minimum absolute atomic E-state index is 0.101. The summed E-state index contributed by atoms with van der Waals surface area (Å²) < 4.78 is 17.1. The molecule has 1 aromatic carbocycles. The summed E-state index contributed by atoms with van der Waals surface area (Å²) in [7, 11) is 1.10. The minimum Gasteiger partial charge on any atom is -0.497 e. The zero-order valence-electron chi connectivity index (χ0n) is 11.8. The van der Waals surface area contributed by atoms with Gasteiger partial charge in [-0.25, -0.2) is 0 Å². The van der Waals surface area contributed by atoms with Crippen molar-refractivity contribution in [2.24, 2.45) is 0 Å². The summed E-state index contributed by atoms with van der Waals surface area (Å²) in [5.74, 6) is 0.675. The van der Waals surface area contributed by atoms with Crippen molar-refractivity contribution >= 4 is 12.6 Å². The molecule has 100 valence electrons. The molecule has 0 bridgehead atoms. The highest BCUT2D eigenvalue weighted by molar-refractivity contribution is 6.62. The lowest BCUT2D eigenvalue weighted by Gasteiger charge is -2.38. The van der Waals surface area contributed by atoms with Crippen molar-refractivity contribution in [2.45, 2.75) is 38.9 Å². The van der Waals surface area contributed by atoms with Crippen molar-refractivity contribution in [3.63, 3.8) is 0 Å². The van der Waals surface area contributed by atoms with Gasteiger partial charge in [0.15, 0.2) is 0 Å². The molecule has 0 saturated carbocycles. The maximum absolute atomic E-state index is 9.01. The van der Waals surface area contributed by atoms with Gasteiger partial charge in [0.05, 0.1) is 24.3 Å². The van der Waals surface area contributed by atoms with E-state index in [1.807, 2.05) is 20.8 Å². The molecule has 0 aromatic heterocycles. The van der Waals surface area contributed by atoms with E-state index in [0.717, 1.165) is 11.9 Å². The number of hydrogen-bond acceptors (Lipinski definition) is 4. The lowest BCUT2D eigenvalue weighted by Crippen LogP contribution is -2.52. The van der Waals surface area contributed by atoms with Gasteiger partial charge in [-0.15, -0.1) is 0 Å². The first-order chi connectivity index (χ1) is 8.95. The third kappa shape index (κ3) is 3.09. The molecule has 0 amide bonds. The van der Waals surface area contributed by atoms with Crippen LogP contribution in [0.3, 0.4) is 0 Å². The Bertz CT molecular complexity index is 510. The molecule has 1 aromatic rings. The van der Waals surface area contributed by atoms with Gasteiger partial charge in [0, 0.05) is 11.6 Å². The monoisotopic (exact) mass is 259 g/mol. The van der Waals surface area contributed by atoms with E-state index in [1.165, 1.54) is 0 Å². The smallest absolute Gasteiger partial charge is 0.497 e. The van der Waals surface area contributed by atoms with Crippen LogP contribution in [0.25, 0.3) is 0 Å². The lowest BCUT2D eigenvalue weighted by molar-refractivity contribution is -0.0231. The lowest BCUT2D eigenvalue weighted by atomic mass is 9.74. The third-order valence-corrected chi connectivity index (χ3v) is 3.17. The molecular formula is C14H18BNO3. The molecule has 0 spiro atoms. The maximum atomic E-state index is 9.01. The van der Waals surface area contributed by atoms with Crippen molar-refractivity contribution < 1.29 is 14.0 Å². The first kappa shape index (κ1) is 13.9. The van der Waals surface area contributed by atoms with Crippen LogP contribution in [0.5, 0.6) is 5.75 Å². The summed E-state index contributed by atoms with van der Waals surface area (Å²) in [5, 5.41) is 9.01. The molecule has 1 atom stereocenters. The summed E-state index contributed by atoms with van der Waals surface area (Å²) in [4.78, 5) is 0. The molecule has 1 fully saturated rings. The van der Waals surface area contributed by atoms with Crippen molar-refractivity contribution in [1.29, 1.82) is 5.26 Å². The molecule has 1 saturated heterocycles. The Morgan fingerprint density at radius 2 is 2.21 bits per heavy atom. The van der Waals surface area contributed by atoms with Crippen molar-refractivity contribution in [2.75, 3.05) is 7.11 Å². The number of nitrogens with zero attached hydrogens (tertiary/aromatic N) is 1. The van der Waals surface area contributed by atoms with Crippen LogP contribution in [0, 0.1) is 11.3 Å². The second-order valence-electron chi connectivity index (χ2n) is 5.43. The third-order valence-electron chi connectivity index (χ3n) is 3.17. The van der Waals surface area contributed by atoms with Crippen LogP contribution in [0.4, 0.5) is 0 Å². The summed E-state index contributed by atoms with van der Waals surface area (Å²) in [5.41, 5.74) is 1.08. The molecule has 2 rings (SSSR count). The van der Waals surface area contributed by atoms with Gasteiger partial charge in [0.25, 0.3) is 0 Å². The molecule has 1 heterocycles. The summed E-state index contributed by atoms with van der Waals surface area (Å²) in [6, 6.07) is 7.38. The Labute approximate surface area is 114 Å². The Hall–Kier alpha value is -1.51. The van der Waals surface area contributed by atoms with Crippen LogP contribution in [0.2, 0.25) is 0 Å². The van der Waals surface area contributed by atoms with E-state index in [4.69, 9.17) is 19.3 Å². The molecule has 0 radical (unpaired) electrons. The quantitative estimate of drug-likeness (QED) is 0.761. The van der Waals surface area contributed by atoms with Crippen LogP contribution in [0.1, 0.15) is 32.8 Å². The summed E-state index contributed by atoms with van der Waals surface area (Å²) in [6.45, 7) is 6.11. The Kier molecular flexibility index (Phi) is 3.84. The van der Waals surface area contributed by atoms with Crippen LogP contribution < -0.4 is 10.2 Å². The van der Waals surface area contributed by atoms with Crippen LogP contribution >= 0.6 is 0 Å².